The molecule has 0 bridgehead atoms. The van der Waals surface area contributed by atoms with Crippen molar-refractivity contribution in [3.8, 4) is 33.6 Å². The molecule has 2 fully saturated rings. The van der Waals surface area contributed by atoms with Crippen molar-refractivity contribution in [3.05, 3.63) is 97.4 Å². The number of H-pyrrole nitrogens is 2. The molecule has 1 saturated carbocycles. The third-order valence-electron chi connectivity index (χ3n) is 11.9. The summed E-state index contributed by atoms with van der Waals surface area (Å²) < 4.78 is 9.50. The maximum atomic E-state index is 14.0. The average molecular weight is 815 g/mol. The first kappa shape index (κ1) is 41.7. The van der Waals surface area contributed by atoms with Crippen LogP contribution in [0, 0.1) is 11.3 Å². The normalized spacial score (nSPS) is 17.1. The first-order valence-electron chi connectivity index (χ1n) is 20.5. The van der Waals surface area contributed by atoms with Gasteiger partial charge in [0.15, 0.2) is 0 Å². The summed E-state index contributed by atoms with van der Waals surface area (Å²) in [6.07, 6.45) is 7.35. The van der Waals surface area contributed by atoms with E-state index in [2.05, 4.69) is 104 Å². The molecular weight excluding hydrogens is 761 g/mol. The lowest BCUT2D eigenvalue weighted by Gasteiger charge is -2.35. The molecule has 5 aromatic rings. The van der Waals surface area contributed by atoms with Crippen molar-refractivity contribution in [3.63, 3.8) is 0 Å². The largest absolute Gasteiger partial charge is 0.453 e. The number of hydrogen-bond acceptors (Lipinski definition) is 8. The Balaban J connectivity index is 1.04. The van der Waals surface area contributed by atoms with Gasteiger partial charge in [-0.2, -0.15) is 0 Å². The lowest BCUT2D eigenvalue weighted by Crippen LogP contribution is -2.53. The molecule has 1 aliphatic heterocycles. The van der Waals surface area contributed by atoms with Crippen LogP contribution < -0.4 is 10.6 Å². The Morgan fingerprint density at radius 3 is 2.12 bits per heavy atom. The molecule has 1 aliphatic carbocycles. The van der Waals surface area contributed by atoms with Crippen LogP contribution in [0.3, 0.4) is 0 Å². The first-order valence-corrected chi connectivity index (χ1v) is 20.5. The smallest absolute Gasteiger partial charge is 0.407 e. The molecule has 0 spiro atoms. The minimum absolute atomic E-state index is 0.0429. The maximum absolute atomic E-state index is 14.0. The van der Waals surface area contributed by atoms with Crippen molar-refractivity contribution in [2.24, 2.45) is 11.3 Å². The number of nitrogens with one attached hydrogen (secondary N) is 4. The minimum atomic E-state index is -0.893. The van der Waals surface area contributed by atoms with E-state index in [0.29, 0.717) is 24.7 Å². The molecule has 2 aromatic heterocycles. The van der Waals surface area contributed by atoms with Gasteiger partial charge in [-0.15, -0.1) is 6.58 Å². The second-order valence-corrected chi connectivity index (χ2v) is 16.6. The highest BCUT2D eigenvalue weighted by molar-refractivity contribution is 5.91. The lowest BCUT2D eigenvalue weighted by molar-refractivity contribution is -0.137. The van der Waals surface area contributed by atoms with Gasteiger partial charge in [0.2, 0.25) is 11.8 Å². The van der Waals surface area contributed by atoms with E-state index in [1.807, 2.05) is 31.9 Å². The second kappa shape index (κ2) is 17.4. The average Bonchev–Trinajstić information content (AvgIpc) is 3.72. The summed E-state index contributed by atoms with van der Waals surface area (Å²) in [4.78, 5) is 71.1. The van der Waals surface area contributed by atoms with Crippen LogP contribution in [0.2, 0.25) is 0 Å². The third kappa shape index (κ3) is 8.92. The van der Waals surface area contributed by atoms with Crippen molar-refractivity contribution >= 4 is 34.8 Å². The molecule has 314 valence electrons. The Bertz CT molecular complexity index is 2380. The fourth-order valence-electron chi connectivity index (χ4n) is 7.90. The highest BCUT2D eigenvalue weighted by Gasteiger charge is 2.43. The van der Waals surface area contributed by atoms with Crippen molar-refractivity contribution in [1.82, 2.24) is 40.4 Å². The van der Waals surface area contributed by atoms with E-state index in [-0.39, 0.29) is 35.2 Å². The second-order valence-electron chi connectivity index (χ2n) is 16.6. The number of nitrogens with zero attached hydrogens (tertiary/aromatic N) is 4. The van der Waals surface area contributed by atoms with Crippen LogP contribution in [0.4, 0.5) is 9.59 Å². The number of likely N-dealkylation sites (tertiary alicyclic amines) is 1. The van der Waals surface area contributed by atoms with E-state index in [4.69, 9.17) is 9.72 Å². The van der Waals surface area contributed by atoms with Crippen molar-refractivity contribution < 1.29 is 28.7 Å². The molecule has 60 heavy (non-hydrogen) atoms. The van der Waals surface area contributed by atoms with Gasteiger partial charge in [-0.25, -0.2) is 19.6 Å². The quantitative estimate of drug-likeness (QED) is 0.0818. The number of imidazole rings is 2. The summed E-state index contributed by atoms with van der Waals surface area (Å²) >= 11 is 0. The van der Waals surface area contributed by atoms with Crippen LogP contribution in [-0.4, -0.2) is 93.1 Å². The van der Waals surface area contributed by atoms with Crippen LogP contribution >= 0.6 is 0 Å². The highest BCUT2D eigenvalue weighted by Crippen LogP contribution is 2.47. The SMILES string of the molecule is C=CC(NC(=O)OC)C(=O)N1CCCC1c1ncc(-c2ccc(-c3ccc4cc(-c5cnc(C(C)N(CC6(C)CC6)C(=O)C(NC(=O)OC)C(C)C)[nH]5)ccc4c3)cc2)[nH]1. The molecule has 3 heterocycles. The zero-order valence-corrected chi connectivity index (χ0v) is 35.1. The molecular formula is C46H54N8O6. The van der Waals surface area contributed by atoms with E-state index in [9.17, 15) is 19.2 Å². The molecule has 2 aliphatic rings. The number of carbonyl (C=O) groups excluding carboxylic acids is 4. The predicted octanol–water partition coefficient (Wildman–Crippen LogP) is 7.93. The standard InChI is InChI=1S/C46H54N8O6/c1-8-35(51-44(57)59-6)42(55)53-21-9-10-38(53)41-48-24-36(50-41)30-13-11-29(12-14-30)31-15-16-33-23-34(18-17-32(33)22-31)37-25-47-40(49-37)28(4)54(26-46(5)19-20-46)43(56)39(27(2)3)52-45(58)60-7/h8,11-18,22-25,27-28,35,38-39H,1,9-10,19-21,26H2,2-7H3,(H,47,49)(H,48,50)(H,51,57)(H,52,58). The lowest BCUT2D eigenvalue weighted by atomic mass is 9.98. The maximum Gasteiger partial charge on any atom is 0.407 e. The van der Waals surface area contributed by atoms with Gasteiger partial charge in [-0.3, -0.25) is 9.59 Å². The summed E-state index contributed by atoms with van der Waals surface area (Å²) in [5.74, 6) is 0.828. The first-order chi connectivity index (χ1) is 28.8. The molecule has 4 unspecified atom stereocenters. The zero-order valence-electron chi connectivity index (χ0n) is 35.1. The van der Waals surface area contributed by atoms with Gasteiger partial charge < -0.3 is 39.9 Å². The van der Waals surface area contributed by atoms with Crippen LogP contribution in [-0.2, 0) is 19.1 Å². The van der Waals surface area contributed by atoms with E-state index < -0.39 is 24.3 Å². The van der Waals surface area contributed by atoms with Crippen LogP contribution in [0.15, 0.2) is 85.7 Å². The van der Waals surface area contributed by atoms with E-state index in [1.54, 1.807) is 11.1 Å². The molecule has 0 radical (unpaired) electrons. The third-order valence-corrected chi connectivity index (χ3v) is 11.9. The molecule has 14 nitrogen and oxygen atoms in total. The Morgan fingerprint density at radius 2 is 1.47 bits per heavy atom. The molecule has 3 aromatic carbocycles. The Hall–Kier alpha value is -6.44. The minimum Gasteiger partial charge on any atom is -0.453 e. The predicted molar refractivity (Wildman–Crippen MR) is 229 cm³/mol. The number of alkyl carbamates (subject to hydrolysis) is 2. The molecule has 1 saturated heterocycles. The molecule has 4 amide bonds. The van der Waals surface area contributed by atoms with Crippen LogP contribution in [0.1, 0.15) is 77.1 Å². The van der Waals surface area contributed by atoms with Gasteiger partial charge in [0, 0.05) is 18.7 Å². The number of benzene rings is 3. The number of aromatic nitrogens is 4. The van der Waals surface area contributed by atoms with Crippen molar-refractivity contribution in [1.29, 1.82) is 0 Å². The summed E-state index contributed by atoms with van der Waals surface area (Å²) in [5, 5.41) is 7.45. The van der Waals surface area contributed by atoms with Gasteiger partial charge in [-0.05, 0) is 83.5 Å². The van der Waals surface area contributed by atoms with Gasteiger partial charge in [0.1, 0.15) is 23.7 Å². The molecule has 14 heteroatoms. The highest BCUT2D eigenvalue weighted by atomic mass is 16.5. The summed E-state index contributed by atoms with van der Waals surface area (Å²) in [6, 6.07) is 18.8. The number of ether oxygens (including phenoxy) is 2. The fraction of sp³-hybridized carbons (Fsp3) is 0.391. The number of carbonyl (C=O) groups is 4. The van der Waals surface area contributed by atoms with Crippen molar-refractivity contribution in [2.45, 2.75) is 77.5 Å². The molecule has 4 N–H and O–H groups in total. The van der Waals surface area contributed by atoms with Gasteiger partial charge in [0.05, 0.1) is 50.1 Å². The zero-order chi connectivity index (χ0) is 42.7. The van der Waals surface area contributed by atoms with Gasteiger partial charge in [0.25, 0.3) is 0 Å². The number of rotatable bonds is 14. The van der Waals surface area contributed by atoms with E-state index >= 15 is 0 Å². The van der Waals surface area contributed by atoms with E-state index in [0.717, 1.165) is 70.1 Å². The monoisotopic (exact) mass is 814 g/mol. The topological polar surface area (TPSA) is 175 Å². The Kier molecular flexibility index (Phi) is 12.1. The number of hydrogen-bond donors (Lipinski definition) is 4. The van der Waals surface area contributed by atoms with E-state index in [1.165, 1.54) is 20.3 Å². The summed E-state index contributed by atoms with van der Waals surface area (Å²) in [5.41, 5.74) is 5.83. The Labute approximate surface area is 350 Å². The number of amides is 4. The Morgan fingerprint density at radius 1 is 0.867 bits per heavy atom. The molecule has 4 atom stereocenters. The number of fused-ring (bicyclic) bond motifs is 1. The number of methoxy groups -OCH3 is 2. The van der Waals surface area contributed by atoms with Crippen LogP contribution in [0.25, 0.3) is 44.4 Å². The fourth-order valence-corrected chi connectivity index (χ4v) is 7.90. The van der Waals surface area contributed by atoms with Gasteiger partial charge in [-0.1, -0.05) is 75.4 Å². The van der Waals surface area contributed by atoms with Crippen LogP contribution in [0.5, 0.6) is 0 Å². The molecule has 7 rings (SSSR count). The van der Waals surface area contributed by atoms with Crippen molar-refractivity contribution in [2.75, 3.05) is 27.3 Å². The summed E-state index contributed by atoms with van der Waals surface area (Å²) in [6.45, 7) is 12.8. The van der Waals surface area contributed by atoms with Gasteiger partial charge >= 0.3 is 12.2 Å². The number of aromatic amines is 2. The summed E-state index contributed by atoms with van der Waals surface area (Å²) in [7, 11) is 2.55.